The Hall–Kier alpha value is -1.92. The van der Waals surface area contributed by atoms with Gasteiger partial charge in [0.05, 0.1) is 0 Å². The number of carbonyl (C=O) groups is 4. The molecule has 3 amide bonds. The summed E-state index contributed by atoms with van der Waals surface area (Å²) < 4.78 is 0. The van der Waals surface area contributed by atoms with E-state index in [4.69, 9.17) is 0 Å². The molecule has 0 atom stereocenters. The number of carbonyl (C=O) groups excluding carboxylic acids is 4. The second-order valence-corrected chi connectivity index (χ2v) is 7.24. The fourth-order valence-electron chi connectivity index (χ4n) is 3.31. The third-order valence-electron chi connectivity index (χ3n) is 4.95. The average molecular weight is 388 g/mol. The van der Waals surface area contributed by atoms with Crippen molar-refractivity contribution >= 4 is 23.5 Å². The number of hydrogen-bond donors (Lipinski definition) is 3. The van der Waals surface area contributed by atoms with Crippen molar-refractivity contribution in [2.75, 3.05) is 13.1 Å². The highest BCUT2D eigenvalue weighted by atomic mass is 16.2. The normalized spacial score (nSPS) is 19.2. The summed E-state index contributed by atoms with van der Waals surface area (Å²) in [5, 5.41) is 8.47. The van der Waals surface area contributed by atoms with Crippen molar-refractivity contribution in [2.45, 2.75) is 84.1 Å². The van der Waals surface area contributed by atoms with E-state index in [0.29, 0.717) is 38.1 Å². The Morgan fingerprint density at radius 1 is 0.815 bits per heavy atom. The van der Waals surface area contributed by atoms with Crippen LogP contribution >= 0.6 is 0 Å². The SMILES string of the molecule is CCCNC(=O)CCNC(=O)CCCC(=O)NC1CCC(C(=O)CC)CC1.[HH].[HH].[HH]. The van der Waals surface area contributed by atoms with Crippen molar-refractivity contribution in [1.82, 2.24) is 16.0 Å². The largest absolute Gasteiger partial charge is 0.356 e. The molecule has 0 aromatic rings. The molecule has 27 heavy (non-hydrogen) atoms. The highest BCUT2D eigenvalue weighted by Gasteiger charge is 2.25. The molecule has 160 valence electrons. The molecule has 0 aromatic heterocycles. The van der Waals surface area contributed by atoms with Gasteiger partial charge >= 0.3 is 0 Å². The Labute approximate surface area is 166 Å². The molecule has 3 N–H and O–H groups in total. The van der Waals surface area contributed by atoms with Crippen LogP contribution in [0.4, 0.5) is 0 Å². The quantitative estimate of drug-likeness (QED) is 0.479. The van der Waals surface area contributed by atoms with Crippen LogP contribution in [0.5, 0.6) is 0 Å². The van der Waals surface area contributed by atoms with Gasteiger partial charge in [-0.25, -0.2) is 0 Å². The molecule has 0 radical (unpaired) electrons. The highest BCUT2D eigenvalue weighted by Crippen LogP contribution is 2.25. The summed E-state index contributed by atoms with van der Waals surface area (Å²) in [4.78, 5) is 46.9. The lowest BCUT2D eigenvalue weighted by Crippen LogP contribution is -2.38. The van der Waals surface area contributed by atoms with Crippen LogP contribution in [0.3, 0.4) is 0 Å². The molecule has 0 aromatic carbocycles. The molecule has 7 nitrogen and oxygen atoms in total. The lowest BCUT2D eigenvalue weighted by Gasteiger charge is -2.28. The van der Waals surface area contributed by atoms with Gasteiger partial charge < -0.3 is 16.0 Å². The molecule has 0 aliphatic heterocycles. The first kappa shape index (κ1) is 23.1. The molecule has 0 heterocycles. The van der Waals surface area contributed by atoms with E-state index in [0.717, 1.165) is 32.1 Å². The summed E-state index contributed by atoms with van der Waals surface area (Å²) in [6.45, 7) is 4.85. The maximum atomic E-state index is 12.0. The minimum atomic E-state index is -0.135. The fourth-order valence-corrected chi connectivity index (χ4v) is 3.31. The van der Waals surface area contributed by atoms with Crippen LogP contribution in [-0.4, -0.2) is 42.6 Å². The maximum absolute atomic E-state index is 12.0. The summed E-state index contributed by atoms with van der Waals surface area (Å²) in [7, 11) is 0. The standard InChI is InChI=1S/C20H35N3O4.3H2/c1-3-13-21-19(26)12-14-22-18(25)6-5-7-20(27)23-16-10-8-15(9-11-16)17(24)4-2;;;/h15-16H,3-14H2,1-2H3,(H,21,26)(H,22,25)(H,23,27);3*1H. The molecule has 0 saturated heterocycles. The first-order chi connectivity index (χ1) is 13.0. The van der Waals surface area contributed by atoms with E-state index < -0.39 is 0 Å². The number of rotatable bonds is 12. The molecule has 7 heteroatoms. The lowest BCUT2D eigenvalue weighted by molar-refractivity contribution is -0.124. The van der Waals surface area contributed by atoms with E-state index >= 15 is 0 Å². The zero-order chi connectivity index (χ0) is 20.1. The molecular formula is C20H41N3O4. The van der Waals surface area contributed by atoms with Crippen LogP contribution in [-0.2, 0) is 19.2 Å². The van der Waals surface area contributed by atoms with Gasteiger partial charge in [-0.05, 0) is 38.5 Å². The Morgan fingerprint density at radius 3 is 2.04 bits per heavy atom. The van der Waals surface area contributed by atoms with Crippen molar-refractivity contribution in [3.63, 3.8) is 0 Å². The minimum absolute atomic E-state index is 0. The zero-order valence-corrected chi connectivity index (χ0v) is 16.8. The lowest BCUT2D eigenvalue weighted by atomic mass is 9.83. The Morgan fingerprint density at radius 2 is 1.41 bits per heavy atom. The molecule has 1 aliphatic carbocycles. The summed E-state index contributed by atoms with van der Waals surface area (Å²) in [6.07, 6.45) is 6.24. The number of hydrogen-bond acceptors (Lipinski definition) is 4. The smallest absolute Gasteiger partial charge is 0.221 e. The summed E-state index contributed by atoms with van der Waals surface area (Å²) >= 11 is 0. The van der Waals surface area contributed by atoms with Crippen molar-refractivity contribution in [3.8, 4) is 0 Å². The van der Waals surface area contributed by atoms with Crippen LogP contribution in [0, 0.1) is 5.92 Å². The van der Waals surface area contributed by atoms with Crippen molar-refractivity contribution in [3.05, 3.63) is 0 Å². The summed E-state index contributed by atoms with van der Waals surface area (Å²) in [5.74, 6) is 0.258. The minimum Gasteiger partial charge on any atom is -0.356 e. The predicted molar refractivity (Wildman–Crippen MR) is 110 cm³/mol. The number of ketones is 1. The molecule has 1 rings (SSSR count). The summed E-state index contributed by atoms with van der Waals surface area (Å²) in [6, 6.07) is 0.147. The number of amides is 3. The third-order valence-corrected chi connectivity index (χ3v) is 4.95. The first-order valence-electron chi connectivity index (χ1n) is 10.3. The second kappa shape index (κ2) is 13.3. The summed E-state index contributed by atoms with van der Waals surface area (Å²) in [5.41, 5.74) is 0. The molecular weight excluding hydrogens is 346 g/mol. The number of Topliss-reactive ketones (excluding diaryl/α,β-unsaturated/α-hetero) is 1. The topological polar surface area (TPSA) is 104 Å². The van der Waals surface area contributed by atoms with E-state index in [9.17, 15) is 19.2 Å². The van der Waals surface area contributed by atoms with E-state index in [-0.39, 0.29) is 46.8 Å². The van der Waals surface area contributed by atoms with E-state index in [2.05, 4.69) is 16.0 Å². The number of nitrogens with one attached hydrogen (secondary N) is 3. The monoisotopic (exact) mass is 387 g/mol. The predicted octanol–water partition coefficient (Wildman–Crippen LogP) is 2.58. The Balaban J connectivity index is -0.00000243. The van der Waals surface area contributed by atoms with Crippen LogP contribution in [0.25, 0.3) is 0 Å². The van der Waals surface area contributed by atoms with Crippen molar-refractivity contribution in [2.24, 2.45) is 5.92 Å². The van der Waals surface area contributed by atoms with Gasteiger partial charge in [0.2, 0.25) is 17.7 Å². The maximum Gasteiger partial charge on any atom is 0.221 e. The van der Waals surface area contributed by atoms with Crippen molar-refractivity contribution in [1.29, 1.82) is 0 Å². The van der Waals surface area contributed by atoms with Gasteiger partial charge in [0.25, 0.3) is 0 Å². The molecule has 1 aliphatic rings. The van der Waals surface area contributed by atoms with Crippen molar-refractivity contribution < 1.29 is 23.5 Å². The molecule has 0 bridgehead atoms. The van der Waals surface area contributed by atoms with Gasteiger partial charge in [-0.2, -0.15) is 0 Å². The zero-order valence-electron chi connectivity index (χ0n) is 16.8. The van der Waals surface area contributed by atoms with Gasteiger partial charge in [-0.3, -0.25) is 19.2 Å². The van der Waals surface area contributed by atoms with Gasteiger partial charge in [-0.15, -0.1) is 0 Å². The second-order valence-electron chi connectivity index (χ2n) is 7.24. The third kappa shape index (κ3) is 10.1. The van der Waals surface area contributed by atoms with Gasteiger partial charge in [-0.1, -0.05) is 13.8 Å². The molecule has 1 fully saturated rings. The van der Waals surface area contributed by atoms with Crippen LogP contribution in [0.1, 0.15) is 82.3 Å². The Kier molecular flexibility index (Phi) is 11.4. The van der Waals surface area contributed by atoms with Crippen LogP contribution in [0.15, 0.2) is 0 Å². The van der Waals surface area contributed by atoms with Gasteiger partial charge in [0.15, 0.2) is 0 Å². The highest BCUT2D eigenvalue weighted by molar-refractivity contribution is 5.81. The van der Waals surface area contributed by atoms with E-state index in [1.165, 1.54) is 0 Å². The van der Waals surface area contributed by atoms with E-state index in [1.54, 1.807) is 0 Å². The van der Waals surface area contributed by atoms with E-state index in [1.807, 2.05) is 13.8 Å². The Bertz CT molecular complexity index is 514. The van der Waals surface area contributed by atoms with Crippen LogP contribution in [0.2, 0.25) is 0 Å². The average Bonchev–Trinajstić information content (AvgIpc) is 2.66. The first-order valence-corrected chi connectivity index (χ1v) is 10.3. The van der Waals surface area contributed by atoms with Gasteiger partial charge in [0.1, 0.15) is 5.78 Å². The van der Waals surface area contributed by atoms with Gasteiger partial charge in [0, 0.05) is 55.0 Å². The molecule has 0 unspecified atom stereocenters. The van der Waals surface area contributed by atoms with Crippen LogP contribution < -0.4 is 16.0 Å². The molecule has 0 spiro atoms. The molecule has 1 saturated carbocycles. The fraction of sp³-hybridized carbons (Fsp3) is 0.800.